The summed E-state index contributed by atoms with van der Waals surface area (Å²) in [4.78, 5) is 0. The van der Waals surface area contributed by atoms with Crippen LogP contribution in [0.2, 0.25) is 0 Å². The van der Waals surface area contributed by atoms with Crippen molar-refractivity contribution in [1.29, 1.82) is 0 Å². The lowest BCUT2D eigenvalue weighted by Gasteiger charge is -2.19. The summed E-state index contributed by atoms with van der Waals surface area (Å²) in [5.74, 6) is 0. The summed E-state index contributed by atoms with van der Waals surface area (Å²) < 4.78 is 17.3. The second kappa shape index (κ2) is 2.38. The van der Waals surface area contributed by atoms with E-state index in [1.807, 2.05) is 6.92 Å². The molecule has 52 valence electrons. The average Bonchev–Trinajstić information content (AvgIpc) is 1.80. The number of rotatable bonds is 0. The summed E-state index contributed by atoms with van der Waals surface area (Å²) >= 11 is 0. The third-order valence-electron chi connectivity index (χ3n) is 1.57. The third kappa shape index (κ3) is 1.44. The van der Waals surface area contributed by atoms with Gasteiger partial charge >= 0.3 is 0 Å². The molecule has 0 amide bonds. The molecule has 1 aliphatic heterocycles. The van der Waals surface area contributed by atoms with Crippen LogP contribution >= 0.6 is 0 Å². The lowest BCUT2D eigenvalue weighted by molar-refractivity contribution is 0.0572. The minimum Gasteiger partial charge on any atom is -0.468 e. The first-order chi connectivity index (χ1) is 4.20. The Balaban J connectivity index is 2.61. The molecule has 1 rings (SSSR count). The van der Waals surface area contributed by atoms with E-state index in [9.17, 15) is 4.39 Å². The van der Waals surface area contributed by atoms with Gasteiger partial charge in [-0.3, -0.25) is 0 Å². The Morgan fingerprint density at radius 1 is 1.67 bits per heavy atom. The molecule has 1 aliphatic rings. The van der Waals surface area contributed by atoms with E-state index in [0.717, 1.165) is 18.4 Å². The van der Waals surface area contributed by atoms with E-state index in [1.54, 1.807) is 6.92 Å². The van der Waals surface area contributed by atoms with Crippen LogP contribution in [0.4, 0.5) is 4.39 Å². The van der Waals surface area contributed by atoms with Crippen molar-refractivity contribution < 1.29 is 9.13 Å². The standard InChI is InChI=1S/C7H11FO/c1-5-3-4-6(2)9-7(5)8/h6H,3-4H2,1-2H3. The Morgan fingerprint density at radius 3 is 2.78 bits per heavy atom. The fraction of sp³-hybridized carbons (Fsp3) is 0.714. The lowest BCUT2D eigenvalue weighted by atomic mass is 10.1. The first-order valence-corrected chi connectivity index (χ1v) is 3.22. The monoisotopic (exact) mass is 130 g/mol. The lowest BCUT2D eigenvalue weighted by Crippen LogP contribution is -2.12. The summed E-state index contributed by atoms with van der Waals surface area (Å²) in [6.45, 7) is 3.65. The van der Waals surface area contributed by atoms with Crippen molar-refractivity contribution in [1.82, 2.24) is 0 Å². The number of hydrogen-bond donors (Lipinski definition) is 0. The highest BCUT2D eigenvalue weighted by Gasteiger charge is 2.14. The molecule has 1 atom stereocenters. The Kier molecular flexibility index (Phi) is 1.74. The van der Waals surface area contributed by atoms with Crippen LogP contribution in [-0.2, 0) is 4.74 Å². The molecule has 0 aromatic rings. The van der Waals surface area contributed by atoms with Crippen LogP contribution in [-0.4, -0.2) is 6.10 Å². The molecular formula is C7H11FO. The van der Waals surface area contributed by atoms with Gasteiger partial charge in [-0.1, -0.05) is 0 Å². The van der Waals surface area contributed by atoms with Crippen LogP contribution in [0.3, 0.4) is 0 Å². The van der Waals surface area contributed by atoms with Crippen molar-refractivity contribution >= 4 is 0 Å². The molecule has 0 fully saturated rings. The molecule has 0 saturated heterocycles. The van der Waals surface area contributed by atoms with Crippen LogP contribution in [0.15, 0.2) is 11.6 Å². The zero-order valence-electron chi connectivity index (χ0n) is 5.78. The van der Waals surface area contributed by atoms with E-state index in [2.05, 4.69) is 0 Å². The number of allylic oxidation sites excluding steroid dienone is 1. The second-order valence-electron chi connectivity index (χ2n) is 2.52. The van der Waals surface area contributed by atoms with Crippen LogP contribution in [0.5, 0.6) is 0 Å². The summed E-state index contributed by atoms with van der Waals surface area (Å²) in [6.07, 6.45) is 1.85. The summed E-state index contributed by atoms with van der Waals surface area (Å²) in [5.41, 5.74) is 0.744. The Bertz CT molecular complexity index is 140. The van der Waals surface area contributed by atoms with Gasteiger partial charge in [0.2, 0.25) is 0 Å². The molecule has 1 unspecified atom stereocenters. The number of ether oxygens (including phenoxy) is 1. The Labute approximate surface area is 54.5 Å². The van der Waals surface area contributed by atoms with Crippen LogP contribution < -0.4 is 0 Å². The number of halogens is 1. The molecule has 0 saturated carbocycles. The van der Waals surface area contributed by atoms with E-state index in [-0.39, 0.29) is 12.1 Å². The first kappa shape index (κ1) is 6.59. The molecule has 2 heteroatoms. The zero-order chi connectivity index (χ0) is 6.85. The summed E-state index contributed by atoms with van der Waals surface area (Å²) in [6, 6.07) is -0.367. The average molecular weight is 130 g/mol. The molecule has 9 heavy (non-hydrogen) atoms. The maximum Gasteiger partial charge on any atom is 0.271 e. The van der Waals surface area contributed by atoms with Crippen LogP contribution in [0.25, 0.3) is 0 Å². The van der Waals surface area contributed by atoms with Gasteiger partial charge < -0.3 is 4.74 Å². The van der Waals surface area contributed by atoms with Gasteiger partial charge in [0, 0.05) is 0 Å². The molecule has 0 aromatic carbocycles. The molecule has 1 nitrogen and oxygen atoms in total. The largest absolute Gasteiger partial charge is 0.468 e. The Morgan fingerprint density at radius 2 is 2.33 bits per heavy atom. The van der Waals surface area contributed by atoms with Gasteiger partial charge in [0.05, 0.1) is 6.10 Å². The van der Waals surface area contributed by atoms with E-state index >= 15 is 0 Å². The highest BCUT2D eigenvalue weighted by molar-refractivity contribution is 5.02. The minimum absolute atomic E-state index is 0.0636. The normalized spacial score (nSPS) is 28.1. The van der Waals surface area contributed by atoms with Gasteiger partial charge in [0.1, 0.15) is 0 Å². The quantitative estimate of drug-likeness (QED) is 0.489. The Hall–Kier alpha value is -0.530. The number of hydrogen-bond acceptors (Lipinski definition) is 1. The molecular weight excluding hydrogens is 119 g/mol. The fourth-order valence-electron chi connectivity index (χ4n) is 0.854. The molecule has 0 N–H and O–H groups in total. The highest BCUT2D eigenvalue weighted by atomic mass is 19.1. The van der Waals surface area contributed by atoms with E-state index in [0.29, 0.717) is 0 Å². The van der Waals surface area contributed by atoms with Crippen molar-refractivity contribution in [3.8, 4) is 0 Å². The third-order valence-corrected chi connectivity index (χ3v) is 1.57. The predicted molar refractivity (Wildman–Crippen MR) is 33.6 cm³/mol. The summed E-state index contributed by atoms with van der Waals surface area (Å²) in [7, 11) is 0. The van der Waals surface area contributed by atoms with E-state index in [4.69, 9.17) is 4.74 Å². The van der Waals surface area contributed by atoms with Crippen molar-refractivity contribution in [3.05, 3.63) is 11.6 Å². The van der Waals surface area contributed by atoms with Crippen molar-refractivity contribution in [2.45, 2.75) is 32.8 Å². The van der Waals surface area contributed by atoms with Gasteiger partial charge in [0.15, 0.2) is 0 Å². The van der Waals surface area contributed by atoms with Crippen LogP contribution in [0, 0.1) is 0 Å². The molecule has 0 spiro atoms. The smallest absolute Gasteiger partial charge is 0.271 e. The molecule has 0 aromatic heterocycles. The second-order valence-corrected chi connectivity index (χ2v) is 2.52. The molecule has 0 bridgehead atoms. The highest BCUT2D eigenvalue weighted by Crippen LogP contribution is 2.23. The van der Waals surface area contributed by atoms with Crippen molar-refractivity contribution in [3.63, 3.8) is 0 Å². The van der Waals surface area contributed by atoms with E-state index < -0.39 is 0 Å². The van der Waals surface area contributed by atoms with Gasteiger partial charge in [-0.2, -0.15) is 4.39 Å². The van der Waals surface area contributed by atoms with Gasteiger partial charge in [0.25, 0.3) is 6.01 Å². The topological polar surface area (TPSA) is 9.23 Å². The first-order valence-electron chi connectivity index (χ1n) is 3.22. The molecule has 1 heterocycles. The van der Waals surface area contributed by atoms with Crippen molar-refractivity contribution in [2.24, 2.45) is 0 Å². The van der Waals surface area contributed by atoms with Gasteiger partial charge in [-0.05, 0) is 32.3 Å². The minimum atomic E-state index is -0.367. The maximum absolute atomic E-state index is 12.5. The summed E-state index contributed by atoms with van der Waals surface area (Å²) in [5, 5.41) is 0. The van der Waals surface area contributed by atoms with Crippen molar-refractivity contribution in [2.75, 3.05) is 0 Å². The van der Waals surface area contributed by atoms with E-state index in [1.165, 1.54) is 0 Å². The molecule has 0 aliphatic carbocycles. The maximum atomic E-state index is 12.5. The SMILES string of the molecule is CC1=C(F)OC(C)CC1. The predicted octanol–water partition coefficient (Wildman–Crippen LogP) is 2.39. The van der Waals surface area contributed by atoms with Crippen LogP contribution in [0.1, 0.15) is 26.7 Å². The van der Waals surface area contributed by atoms with Gasteiger partial charge in [-0.15, -0.1) is 0 Å². The van der Waals surface area contributed by atoms with Gasteiger partial charge in [-0.25, -0.2) is 0 Å². The fourth-order valence-corrected chi connectivity index (χ4v) is 0.854. The zero-order valence-corrected chi connectivity index (χ0v) is 5.78. The molecule has 0 radical (unpaired) electrons.